The maximum Gasteiger partial charge on any atom is 0.0987 e. The van der Waals surface area contributed by atoms with Gasteiger partial charge in [-0.2, -0.15) is 0 Å². The van der Waals surface area contributed by atoms with Crippen LogP contribution in [0.2, 0.25) is 0 Å². The summed E-state index contributed by atoms with van der Waals surface area (Å²) in [6, 6.07) is 9.26. The molecule has 3 aliphatic rings. The third-order valence-corrected chi connectivity index (χ3v) is 5.89. The third kappa shape index (κ3) is 8.68. The fourth-order valence-electron chi connectivity index (χ4n) is 4.57. The number of aliphatic hydroxyl groups excluding tert-OH is 1. The van der Waals surface area contributed by atoms with E-state index in [4.69, 9.17) is 5.11 Å². The smallest absolute Gasteiger partial charge is 0.0987 e. The van der Waals surface area contributed by atoms with E-state index in [1.807, 2.05) is 13.8 Å². The summed E-state index contributed by atoms with van der Waals surface area (Å²) < 4.78 is 0. The first-order valence-electron chi connectivity index (χ1n) is 12.0. The van der Waals surface area contributed by atoms with E-state index in [1.54, 1.807) is 0 Å². The second-order valence-electron chi connectivity index (χ2n) is 8.17. The minimum absolute atomic E-state index is 0.870. The standard InChI is InChI=1S/C24H30N2.C2H6.CH5N.CH4O/c1-18-16-26(19(2)25-18)17-24-11-10-23(15-24)14-22-9-5-8-21(13-22)12-20-6-3-4-7-20;3*1-2/h5,8-10,13,15,20,25H,1-4,6-7,11-12,14,16-17H2;1-2H3;2H2,1H3;2H,1H3. The molecule has 0 unspecified atom stereocenters. The first kappa shape index (κ1) is 27.7. The molecule has 32 heavy (non-hydrogen) atoms. The summed E-state index contributed by atoms with van der Waals surface area (Å²) in [5.74, 6) is 1.89. The van der Waals surface area contributed by atoms with Crippen molar-refractivity contribution in [1.29, 1.82) is 0 Å². The van der Waals surface area contributed by atoms with E-state index in [9.17, 15) is 0 Å². The van der Waals surface area contributed by atoms with Gasteiger partial charge in [0.05, 0.1) is 12.4 Å². The molecule has 0 aromatic heterocycles. The number of hydrogen-bond acceptors (Lipinski definition) is 4. The Hall–Kier alpha value is -2.30. The van der Waals surface area contributed by atoms with E-state index in [-0.39, 0.29) is 0 Å². The molecule has 4 rings (SSSR count). The number of rotatable bonds is 6. The fraction of sp³-hybridized carbons (Fsp3) is 0.500. The van der Waals surface area contributed by atoms with Crippen molar-refractivity contribution >= 4 is 0 Å². The molecule has 4 heteroatoms. The predicted octanol–water partition coefficient (Wildman–Crippen LogP) is 5.32. The van der Waals surface area contributed by atoms with E-state index >= 15 is 0 Å². The molecule has 1 saturated heterocycles. The van der Waals surface area contributed by atoms with Crippen molar-refractivity contribution in [1.82, 2.24) is 10.2 Å². The summed E-state index contributed by atoms with van der Waals surface area (Å²) in [4.78, 5) is 2.27. The average molecular weight is 440 g/mol. The van der Waals surface area contributed by atoms with E-state index in [2.05, 4.69) is 65.5 Å². The summed E-state index contributed by atoms with van der Waals surface area (Å²) >= 11 is 0. The fourth-order valence-corrected chi connectivity index (χ4v) is 4.57. The Balaban J connectivity index is 0.000000789. The molecule has 1 saturated carbocycles. The van der Waals surface area contributed by atoms with E-state index in [0.29, 0.717) is 0 Å². The highest BCUT2D eigenvalue weighted by molar-refractivity contribution is 5.39. The number of nitrogens with zero attached hydrogens (tertiary/aromatic N) is 1. The minimum atomic E-state index is 0.870. The SMILES string of the molecule is C=C1CN(CC2=CC(Cc3cccc(CC4CCCC4)c3)=CC2)C(=C)N1.CC.CN.CO. The average Bonchev–Trinajstić information content (AvgIpc) is 3.56. The highest BCUT2D eigenvalue weighted by Crippen LogP contribution is 2.29. The second kappa shape index (κ2) is 15.5. The Kier molecular flexibility index (Phi) is 13.4. The van der Waals surface area contributed by atoms with Crippen molar-refractivity contribution in [2.24, 2.45) is 11.7 Å². The minimum Gasteiger partial charge on any atom is -0.400 e. The van der Waals surface area contributed by atoms with Crippen molar-refractivity contribution in [3.63, 3.8) is 0 Å². The summed E-state index contributed by atoms with van der Waals surface area (Å²) in [7, 11) is 2.50. The van der Waals surface area contributed by atoms with Crippen LogP contribution in [0, 0.1) is 5.92 Å². The normalized spacial score (nSPS) is 17.2. The molecule has 4 nitrogen and oxygen atoms in total. The van der Waals surface area contributed by atoms with Gasteiger partial charge in [-0.05, 0) is 54.5 Å². The van der Waals surface area contributed by atoms with Crippen LogP contribution in [0.5, 0.6) is 0 Å². The van der Waals surface area contributed by atoms with Crippen LogP contribution in [0.25, 0.3) is 0 Å². The van der Waals surface area contributed by atoms with Crippen molar-refractivity contribution in [2.45, 2.75) is 58.8 Å². The van der Waals surface area contributed by atoms with E-state index < -0.39 is 0 Å². The molecule has 1 aliphatic heterocycles. The van der Waals surface area contributed by atoms with Crippen molar-refractivity contribution in [2.75, 3.05) is 27.2 Å². The summed E-state index contributed by atoms with van der Waals surface area (Å²) in [5, 5.41) is 10.2. The Bertz CT molecular complexity index is 773. The third-order valence-electron chi connectivity index (χ3n) is 5.89. The van der Waals surface area contributed by atoms with Gasteiger partial charge in [0.2, 0.25) is 0 Å². The lowest BCUT2D eigenvalue weighted by Crippen LogP contribution is -2.21. The molecule has 0 bridgehead atoms. The molecule has 2 fully saturated rings. The Morgan fingerprint density at radius 2 is 1.75 bits per heavy atom. The zero-order valence-corrected chi connectivity index (χ0v) is 20.8. The molecule has 1 heterocycles. The second-order valence-corrected chi connectivity index (χ2v) is 8.17. The molecule has 1 aromatic rings. The summed E-state index contributed by atoms with van der Waals surface area (Å²) in [6.07, 6.45) is 13.9. The molecule has 178 valence electrons. The summed E-state index contributed by atoms with van der Waals surface area (Å²) in [5.41, 5.74) is 11.4. The molecule has 4 N–H and O–H groups in total. The number of hydrogen-bond donors (Lipinski definition) is 3. The molecule has 0 atom stereocenters. The first-order chi connectivity index (χ1) is 15.7. The highest BCUT2D eigenvalue weighted by atomic mass is 16.2. The number of allylic oxidation sites excluding steroid dienone is 3. The van der Waals surface area contributed by atoms with Gasteiger partial charge in [-0.1, -0.05) is 89.1 Å². The van der Waals surface area contributed by atoms with Gasteiger partial charge < -0.3 is 21.1 Å². The van der Waals surface area contributed by atoms with Crippen molar-refractivity contribution in [3.8, 4) is 0 Å². The van der Waals surface area contributed by atoms with E-state index in [0.717, 1.165) is 50.5 Å². The zero-order valence-electron chi connectivity index (χ0n) is 20.8. The van der Waals surface area contributed by atoms with Crippen LogP contribution in [-0.2, 0) is 12.8 Å². The zero-order chi connectivity index (χ0) is 23.9. The molecular formula is C28H45N3O. The van der Waals surface area contributed by atoms with Crippen LogP contribution < -0.4 is 11.1 Å². The maximum atomic E-state index is 7.00. The van der Waals surface area contributed by atoms with Gasteiger partial charge in [-0.3, -0.25) is 0 Å². The van der Waals surface area contributed by atoms with Gasteiger partial charge >= 0.3 is 0 Å². The van der Waals surface area contributed by atoms with Gasteiger partial charge in [0.1, 0.15) is 0 Å². The Labute approximate surface area is 196 Å². The summed E-state index contributed by atoms with van der Waals surface area (Å²) in [6.45, 7) is 13.9. The first-order valence-corrected chi connectivity index (χ1v) is 12.0. The molecule has 2 aliphatic carbocycles. The van der Waals surface area contributed by atoms with Crippen LogP contribution in [0.1, 0.15) is 57.1 Å². The monoisotopic (exact) mass is 439 g/mol. The van der Waals surface area contributed by atoms with Gasteiger partial charge in [0.15, 0.2) is 0 Å². The number of benzene rings is 1. The number of aliphatic hydroxyl groups is 1. The topological polar surface area (TPSA) is 61.5 Å². The molecule has 0 amide bonds. The van der Waals surface area contributed by atoms with Crippen LogP contribution in [0.15, 0.2) is 72.2 Å². The van der Waals surface area contributed by atoms with Crippen LogP contribution in [0.4, 0.5) is 0 Å². The quantitative estimate of drug-likeness (QED) is 0.561. The van der Waals surface area contributed by atoms with Gasteiger partial charge in [-0.25, -0.2) is 0 Å². The lowest BCUT2D eigenvalue weighted by atomic mass is 9.95. The predicted molar refractivity (Wildman–Crippen MR) is 139 cm³/mol. The maximum absolute atomic E-state index is 7.00. The number of nitrogens with two attached hydrogens (primary N) is 1. The van der Waals surface area contributed by atoms with Crippen LogP contribution in [0.3, 0.4) is 0 Å². The molecule has 0 radical (unpaired) electrons. The largest absolute Gasteiger partial charge is 0.400 e. The van der Waals surface area contributed by atoms with E-state index in [1.165, 1.54) is 61.4 Å². The van der Waals surface area contributed by atoms with Gasteiger partial charge in [-0.15, -0.1) is 0 Å². The molecular weight excluding hydrogens is 394 g/mol. The van der Waals surface area contributed by atoms with Crippen LogP contribution >= 0.6 is 0 Å². The lowest BCUT2D eigenvalue weighted by Gasteiger charge is -2.17. The van der Waals surface area contributed by atoms with Crippen molar-refractivity contribution < 1.29 is 5.11 Å². The molecule has 0 spiro atoms. The van der Waals surface area contributed by atoms with Gasteiger partial charge in [0, 0.05) is 19.4 Å². The highest BCUT2D eigenvalue weighted by Gasteiger charge is 2.20. The van der Waals surface area contributed by atoms with Gasteiger partial charge in [0.25, 0.3) is 0 Å². The van der Waals surface area contributed by atoms with Crippen LogP contribution in [-0.4, -0.2) is 37.3 Å². The Morgan fingerprint density at radius 3 is 2.38 bits per heavy atom. The molecule has 1 aromatic carbocycles. The van der Waals surface area contributed by atoms with Crippen molar-refractivity contribution in [3.05, 3.63) is 83.4 Å². The Morgan fingerprint density at radius 1 is 1.09 bits per heavy atom. The lowest BCUT2D eigenvalue weighted by molar-refractivity contribution is 0.399. The number of nitrogens with one attached hydrogen (secondary N) is 1.